The smallest absolute Gasteiger partial charge is 0.101 e. The number of benzene rings is 1. The fourth-order valence-electron chi connectivity index (χ4n) is 1.85. The Morgan fingerprint density at radius 1 is 1.05 bits per heavy atom. The first-order valence-corrected chi connectivity index (χ1v) is 5.82. The molecule has 0 amide bonds. The van der Waals surface area contributed by atoms with Crippen LogP contribution in [0.1, 0.15) is 5.56 Å². The summed E-state index contributed by atoms with van der Waals surface area (Å²) in [5.41, 5.74) is 3.50. The molecule has 0 radical (unpaired) electrons. The second-order valence-electron chi connectivity index (χ2n) is 4.06. The van der Waals surface area contributed by atoms with Crippen molar-refractivity contribution in [3.63, 3.8) is 0 Å². The van der Waals surface area contributed by atoms with E-state index in [1.807, 2.05) is 41.1 Å². The van der Waals surface area contributed by atoms with Crippen molar-refractivity contribution in [1.29, 1.82) is 5.26 Å². The van der Waals surface area contributed by atoms with Crippen molar-refractivity contribution in [2.75, 3.05) is 0 Å². The summed E-state index contributed by atoms with van der Waals surface area (Å²) < 4.78 is 1.94. The predicted octanol–water partition coefficient (Wildman–Crippen LogP) is 2.81. The van der Waals surface area contributed by atoms with E-state index in [1.54, 1.807) is 24.8 Å². The van der Waals surface area contributed by atoms with E-state index >= 15 is 0 Å². The van der Waals surface area contributed by atoms with Gasteiger partial charge in [0.25, 0.3) is 0 Å². The first-order valence-electron chi connectivity index (χ1n) is 5.82. The predicted molar refractivity (Wildman–Crippen MR) is 71.5 cm³/mol. The summed E-state index contributed by atoms with van der Waals surface area (Å²) in [6.45, 7) is 0. The third-order valence-corrected chi connectivity index (χ3v) is 2.86. The van der Waals surface area contributed by atoms with Crippen molar-refractivity contribution >= 4 is 0 Å². The van der Waals surface area contributed by atoms with E-state index in [4.69, 9.17) is 5.26 Å². The molecule has 19 heavy (non-hydrogen) atoms. The van der Waals surface area contributed by atoms with Crippen LogP contribution in [0.5, 0.6) is 0 Å². The molecule has 0 atom stereocenters. The van der Waals surface area contributed by atoms with Gasteiger partial charge in [0.2, 0.25) is 0 Å². The highest BCUT2D eigenvalue weighted by molar-refractivity contribution is 5.61. The zero-order valence-electron chi connectivity index (χ0n) is 10.1. The van der Waals surface area contributed by atoms with Gasteiger partial charge < -0.3 is 4.57 Å². The van der Waals surface area contributed by atoms with Crippen LogP contribution in [-0.2, 0) is 0 Å². The Kier molecular flexibility index (Phi) is 2.79. The molecule has 4 heteroatoms. The highest BCUT2D eigenvalue weighted by Gasteiger charge is 2.01. The first-order chi connectivity index (χ1) is 9.36. The quantitative estimate of drug-likeness (QED) is 0.698. The summed E-state index contributed by atoms with van der Waals surface area (Å²) in [4.78, 5) is 8.29. The van der Waals surface area contributed by atoms with Gasteiger partial charge in [0.1, 0.15) is 6.07 Å². The molecule has 0 bridgehead atoms. The Balaban J connectivity index is 1.92. The van der Waals surface area contributed by atoms with Crippen LogP contribution >= 0.6 is 0 Å². The molecular formula is C15H10N4. The van der Waals surface area contributed by atoms with Crippen molar-refractivity contribution < 1.29 is 0 Å². The Hall–Kier alpha value is -2.93. The number of nitrogens with zero attached hydrogens (tertiary/aromatic N) is 4. The number of hydrogen-bond acceptors (Lipinski definition) is 3. The Labute approximate surface area is 110 Å². The van der Waals surface area contributed by atoms with Crippen LogP contribution in [0.15, 0.2) is 61.3 Å². The lowest BCUT2D eigenvalue weighted by Gasteiger charge is -2.04. The summed E-state index contributed by atoms with van der Waals surface area (Å²) in [6.07, 6.45) is 6.99. The maximum absolute atomic E-state index is 8.74. The minimum atomic E-state index is 0.568. The number of pyridine rings is 1. The molecule has 3 rings (SSSR count). The van der Waals surface area contributed by atoms with Crippen LogP contribution in [0, 0.1) is 11.3 Å². The average molecular weight is 246 g/mol. The average Bonchev–Trinajstić information content (AvgIpc) is 3.02. The lowest BCUT2D eigenvalue weighted by molar-refractivity contribution is 1.06. The molecule has 0 N–H and O–H groups in total. The largest absolute Gasteiger partial charge is 0.306 e. The maximum Gasteiger partial charge on any atom is 0.101 e. The molecule has 2 heterocycles. The van der Waals surface area contributed by atoms with Gasteiger partial charge in [-0.25, -0.2) is 4.98 Å². The van der Waals surface area contributed by atoms with Crippen LogP contribution in [0.2, 0.25) is 0 Å². The molecule has 3 aromatic rings. The van der Waals surface area contributed by atoms with E-state index in [0.29, 0.717) is 5.56 Å². The first kappa shape index (κ1) is 11.2. The van der Waals surface area contributed by atoms with Gasteiger partial charge in [0.05, 0.1) is 17.6 Å². The number of nitriles is 1. The summed E-state index contributed by atoms with van der Waals surface area (Å²) in [7, 11) is 0. The van der Waals surface area contributed by atoms with E-state index in [1.165, 1.54) is 0 Å². The van der Waals surface area contributed by atoms with E-state index in [2.05, 4.69) is 16.0 Å². The molecule has 0 unspecified atom stereocenters. The van der Waals surface area contributed by atoms with Crippen LogP contribution in [0.4, 0.5) is 0 Å². The zero-order valence-corrected chi connectivity index (χ0v) is 10.1. The molecular weight excluding hydrogens is 236 g/mol. The summed E-state index contributed by atoms with van der Waals surface area (Å²) in [5.74, 6) is 0. The molecule has 0 saturated carbocycles. The molecule has 1 aromatic carbocycles. The SMILES string of the molecule is N#Cc1ccc(-c2ccc(-n3ccnc3)cc2)nc1. The number of rotatable bonds is 2. The summed E-state index contributed by atoms with van der Waals surface area (Å²) in [5, 5.41) is 8.74. The molecule has 90 valence electrons. The van der Waals surface area contributed by atoms with Gasteiger partial charge >= 0.3 is 0 Å². The molecule has 0 aliphatic heterocycles. The van der Waals surface area contributed by atoms with Crippen molar-refractivity contribution in [2.45, 2.75) is 0 Å². The number of hydrogen-bond donors (Lipinski definition) is 0. The van der Waals surface area contributed by atoms with E-state index in [0.717, 1.165) is 16.9 Å². The molecule has 0 aliphatic carbocycles. The van der Waals surface area contributed by atoms with Crippen LogP contribution < -0.4 is 0 Å². The van der Waals surface area contributed by atoms with Gasteiger partial charge in [-0.1, -0.05) is 12.1 Å². The molecule has 2 aromatic heterocycles. The lowest BCUT2D eigenvalue weighted by atomic mass is 10.1. The zero-order chi connectivity index (χ0) is 13.1. The van der Waals surface area contributed by atoms with Crippen LogP contribution in [0.25, 0.3) is 16.9 Å². The van der Waals surface area contributed by atoms with Gasteiger partial charge in [-0.3, -0.25) is 4.98 Å². The Morgan fingerprint density at radius 2 is 1.89 bits per heavy atom. The normalized spacial score (nSPS) is 10.1. The van der Waals surface area contributed by atoms with E-state index < -0.39 is 0 Å². The highest BCUT2D eigenvalue weighted by atomic mass is 15.0. The molecule has 4 nitrogen and oxygen atoms in total. The monoisotopic (exact) mass is 246 g/mol. The standard InChI is InChI=1S/C15H10N4/c16-9-12-1-6-15(18-10-12)13-2-4-14(5-3-13)19-8-7-17-11-19/h1-8,10-11H. The molecule has 0 fully saturated rings. The second kappa shape index (κ2) is 4.75. The summed E-state index contributed by atoms with van der Waals surface area (Å²) >= 11 is 0. The van der Waals surface area contributed by atoms with Gasteiger partial charge in [-0.2, -0.15) is 5.26 Å². The minimum absolute atomic E-state index is 0.568. The fourth-order valence-corrected chi connectivity index (χ4v) is 1.85. The number of imidazole rings is 1. The van der Waals surface area contributed by atoms with Crippen molar-refractivity contribution in [1.82, 2.24) is 14.5 Å². The molecule has 0 saturated heterocycles. The van der Waals surface area contributed by atoms with Crippen molar-refractivity contribution in [3.05, 3.63) is 66.9 Å². The van der Waals surface area contributed by atoms with Gasteiger partial charge in [0.15, 0.2) is 0 Å². The maximum atomic E-state index is 8.74. The van der Waals surface area contributed by atoms with Crippen LogP contribution in [0.3, 0.4) is 0 Å². The second-order valence-corrected chi connectivity index (χ2v) is 4.06. The third-order valence-electron chi connectivity index (χ3n) is 2.86. The number of aromatic nitrogens is 3. The Bertz CT molecular complexity index is 704. The molecule has 0 aliphatic rings. The van der Waals surface area contributed by atoms with Crippen LogP contribution in [-0.4, -0.2) is 14.5 Å². The highest BCUT2D eigenvalue weighted by Crippen LogP contribution is 2.19. The minimum Gasteiger partial charge on any atom is -0.306 e. The topological polar surface area (TPSA) is 54.5 Å². The van der Waals surface area contributed by atoms with Gasteiger partial charge in [0, 0.05) is 29.8 Å². The molecule has 0 spiro atoms. The van der Waals surface area contributed by atoms with Crippen molar-refractivity contribution in [2.24, 2.45) is 0 Å². The summed E-state index contributed by atoms with van der Waals surface area (Å²) in [6, 6.07) is 13.7. The lowest BCUT2D eigenvalue weighted by Crippen LogP contribution is -1.90. The van der Waals surface area contributed by atoms with Crippen molar-refractivity contribution in [3.8, 4) is 23.0 Å². The fraction of sp³-hybridized carbons (Fsp3) is 0. The van der Waals surface area contributed by atoms with Gasteiger partial charge in [-0.15, -0.1) is 0 Å². The Morgan fingerprint density at radius 3 is 2.47 bits per heavy atom. The third kappa shape index (κ3) is 2.22. The van der Waals surface area contributed by atoms with E-state index in [9.17, 15) is 0 Å². The van der Waals surface area contributed by atoms with Gasteiger partial charge in [-0.05, 0) is 24.3 Å². The van der Waals surface area contributed by atoms with E-state index in [-0.39, 0.29) is 0 Å².